The molecule has 168 valence electrons. The largest absolute Gasteiger partial charge is 0.462 e. The van der Waals surface area contributed by atoms with Gasteiger partial charge in [0.1, 0.15) is 10.8 Å². The fraction of sp³-hybridized carbons (Fsp3) is 0.333. The van der Waals surface area contributed by atoms with Gasteiger partial charge in [-0.05, 0) is 50.8 Å². The first-order valence-electron chi connectivity index (χ1n) is 10.0. The van der Waals surface area contributed by atoms with Gasteiger partial charge in [-0.25, -0.2) is 13.2 Å². The Hall–Kier alpha value is -3.05. The number of fused-ring (bicyclic) bond motifs is 1. The van der Waals surface area contributed by atoms with Gasteiger partial charge < -0.3 is 14.5 Å². The first-order chi connectivity index (χ1) is 15.3. The van der Waals surface area contributed by atoms with Gasteiger partial charge in [0.15, 0.2) is 0 Å². The van der Waals surface area contributed by atoms with Crippen molar-refractivity contribution in [3.8, 4) is 11.5 Å². The summed E-state index contributed by atoms with van der Waals surface area (Å²) in [6, 6.07) is 7.17. The summed E-state index contributed by atoms with van der Waals surface area (Å²) in [4.78, 5) is 26.0. The molecule has 1 amide bonds. The van der Waals surface area contributed by atoms with E-state index in [4.69, 9.17) is 9.15 Å². The summed E-state index contributed by atoms with van der Waals surface area (Å²) in [6.45, 7) is 3.78. The lowest BCUT2D eigenvalue weighted by Gasteiger charge is -2.07. The van der Waals surface area contributed by atoms with Crippen molar-refractivity contribution >= 4 is 38.1 Å². The fourth-order valence-electron chi connectivity index (χ4n) is 3.54. The zero-order valence-corrected chi connectivity index (χ0v) is 19.1. The van der Waals surface area contributed by atoms with E-state index in [9.17, 15) is 18.0 Å². The van der Waals surface area contributed by atoms with E-state index in [1.54, 1.807) is 25.1 Å². The van der Waals surface area contributed by atoms with Crippen molar-refractivity contribution in [1.82, 2.24) is 10.2 Å². The molecule has 0 saturated carbocycles. The Morgan fingerprint density at radius 2 is 2.06 bits per heavy atom. The summed E-state index contributed by atoms with van der Waals surface area (Å²) in [5, 5.41) is 9.63. The predicted octanol–water partition coefficient (Wildman–Crippen LogP) is 3.18. The molecule has 0 saturated heterocycles. The van der Waals surface area contributed by atoms with Crippen LogP contribution in [0.4, 0.5) is 5.00 Å². The molecule has 0 radical (unpaired) electrons. The van der Waals surface area contributed by atoms with Gasteiger partial charge in [-0.2, -0.15) is 0 Å². The van der Waals surface area contributed by atoms with Gasteiger partial charge >= 0.3 is 11.2 Å². The van der Waals surface area contributed by atoms with Gasteiger partial charge in [0.25, 0.3) is 0 Å². The van der Waals surface area contributed by atoms with Gasteiger partial charge in [0.05, 0.1) is 12.2 Å². The van der Waals surface area contributed by atoms with E-state index in [1.165, 1.54) is 11.3 Å². The molecule has 2 aromatic heterocycles. The number of hydrogen-bond acceptors (Lipinski definition) is 9. The van der Waals surface area contributed by atoms with Crippen molar-refractivity contribution in [2.75, 3.05) is 17.7 Å². The molecule has 3 aromatic rings. The van der Waals surface area contributed by atoms with E-state index in [0.717, 1.165) is 35.3 Å². The molecule has 0 spiro atoms. The lowest BCUT2D eigenvalue weighted by molar-refractivity contribution is -0.113. The van der Waals surface area contributed by atoms with Crippen molar-refractivity contribution in [2.45, 2.75) is 38.3 Å². The number of nitrogens with zero attached hydrogens (tertiary/aromatic N) is 2. The highest BCUT2D eigenvalue weighted by molar-refractivity contribution is 7.91. The number of amides is 1. The van der Waals surface area contributed by atoms with Gasteiger partial charge in [0, 0.05) is 10.4 Å². The van der Waals surface area contributed by atoms with Crippen LogP contribution in [0.25, 0.3) is 11.5 Å². The van der Waals surface area contributed by atoms with Crippen LogP contribution in [-0.4, -0.2) is 42.9 Å². The Bertz CT molecular complexity index is 1290. The van der Waals surface area contributed by atoms with E-state index in [2.05, 4.69) is 15.5 Å². The average molecular weight is 476 g/mol. The molecule has 32 heavy (non-hydrogen) atoms. The molecular weight excluding hydrogens is 454 g/mol. The normalized spacial score (nSPS) is 13.1. The Morgan fingerprint density at radius 1 is 1.25 bits per heavy atom. The van der Waals surface area contributed by atoms with E-state index in [0.29, 0.717) is 16.1 Å². The van der Waals surface area contributed by atoms with Crippen LogP contribution in [0.5, 0.6) is 0 Å². The van der Waals surface area contributed by atoms with Gasteiger partial charge in [-0.15, -0.1) is 16.4 Å². The second kappa shape index (κ2) is 8.83. The highest BCUT2D eigenvalue weighted by atomic mass is 32.2. The maximum Gasteiger partial charge on any atom is 0.341 e. The molecule has 0 atom stereocenters. The fourth-order valence-corrected chi connectivity index (χ4v) is 5.74. The van der Waals surface area contributed by atoms with Crippen molar-refractivity contribution in [2.24, 2.45) is 0 Å². The van der Waals surface area contributed by atoms with Crippen LogP contribution in [-0.2, 0) is 32.2 Å². The number of carbonyl (C=O) groups excluding carboxylic acids is 2. The summed E-state index contributed by atoms with van der Waals surface area (Å²) >= 11 is 1.28. The number of benzene rings is 1. The smallest absolute Gasteiger partial charge is 0.341 e. The SMILES string of the molecule is CCOC(=O)c1c(NC(=O)CS(=O)(=O)c2nnc(-c3cccc(C)c3)o2)sc2c1CCC2. The molecular formula is C21H21N3O6S2. The molecule has 0 fully saturated rings. The highest BCUT2D eigenvalue weighted by Gasteiger charge is 2.31. The summed E-state index contributed by atoms with van der Waals surface area (Å²) in [7, 11) is -4.18. The topological polar surface area (TPSA) is 128 Å². The molecule has 4 rings (SSSR count). The van der Waals surface area contributed by atoms with Crippen molar-refractivity contribution in [3.05, 3.63) is 45.8 Å². The van der Waals surface area contributed by atoms with Crippen LogP contribution < -0.4 is 5.32 Å². The van der Waals surface area contributed by atoms with Crippen molar-refractivity contribution < 1.29 is 27.2 Å². The quantitative estimate of drug-likeness (QED) is 0.516. The second-order valence-electron chi connectivity index (χ2n) is 7.33. The average Bonchev–Trinajstić information content (AvgIpc) is 3.43. The summed E-state index contributed by atoms with van der Waals surface area (Å²) in [5.41, 5.74) is 2.71. The number of aromatic nitrogens is 2. The molecule has 1 aliphatic rings. The number of carbonyl (C=O) groups is 2. The third kappa shape index (κ3) is 4.44. The lowest BCUT2D eigenvalue weighted by atomic mass is 10.1. The molecule has 1 N–H and O–H groups in total. The van der Waals surface area contributed by atoms with Crippen LogP contribution >= 0.6 is 11.3 Å². The number of esters is 1. The Kier molecular flexibility index (Phi) is 6.11. The standard InChI is InChI=1S/C21H21N3O6S2/c1-3-29-20(26)17-14-8-5-9-15(14)31-19(17)22-16(25)11-32(27,28)21-24-23-18(30-21)13-7-4-6-12(2)10-13/h4,6-7,10H,3,5,8-9,11H2,1-2H3,(H,22,25). The molecule has 11 heteroatoms. The molecule has 0 unspecified atom stereocenters. The second-order valence-corrected chi connectivity index (χ2v) is 10.3. The molecule has 0 bridgehead atoms. The number of sulfone groups is 1. The summed E-state index contributed by atoms with van der Waals surface area (Å²) in [6.07, 6.45) is 2.46. The maximum absolute atomic E-state index is 12.7. The van der Waals surface area contributed by atoms with Crippen molar-refractivity contribution in [3.63, 3.8) is 0 Å². The molecule has 0 aliphatic heterocycles. The summed E-state index contributed by atoms with van der Waals surface area (Å²) in [5.74, 6) is -2.17. The van der Waals surface area contributed by atoms with Crippen LogP contribution in [0.15, 0.2) is 33.9 Å². The zero-order chi connectivity index (χ0) is 22.9. The number of ether oxygens (including phenoxy) is 1. The van der Waals surface area contributed by atoms with Crippen LogP contribution in [0, 0.1) is 6.92 Å². The molecule has 1 aromatic carbocycles. The maximum atomic E-state index is 12.7. The predicted molar refractivity (Wildman–Crippen MR) is 117 cm³/mol. The molecule has 9 nitrogen and oxygen atoms in total. The molecule has 1 aliphatic carbocycles. The van der Waals surface area contributed by atoms with Gasteiger partial charge in [-0.1, -0.05) is 22.8 Å². The van der Waals surface area contributed by atoms with Crippen LogP contribution in [0.2, 0.25) is 0 Å². The first-order valence-corrected chi connectivity index (χ1v) is 12.5. The minimum absolute atomic E-state index is 0.0481. The number of thiophene rings is 1. The Balaban J connectivity index is 1.52. The Morgan fingerprint density at radius 3 is 2.81 bits per heavy atom. The summed E-state index contributed by atoms with van der Waals surface area (Å²) < 4.78 is 35.8. The first kappa shape index (κ1) is 22.2. The monoisotopic (exact) mass is 475 g/mol. The van der Waals surface area contributed by atoms with E-state index in [-0.39, 0.29) is 12.5 Å². The van der Waals surface area contributed by atoms with Gasteiger partial charge in [0.2, 0.25) is 21.6 Å². The number of anilines is 1. The lowest BCUT2D eigenvalue weighted by Crippen LogP contribution is -2.24. The number of hydrogen-bond donors (Lipinski definition) is 1. The number of aryl methyl sites for hydroxylation is 2. The van der Waals surface area contributed by atoms with Crippen LogP contribution in [0.1, 0.15) is 39.7 Å². The third-order valence-electron chi connectivity index (χ3n) is 4.91. The highest BCUT2D eigenvalue weighted by Crippen LogP contribution is 2.39. The Labute approximate surface area is 188 Å². The van der Waals surface area contributed by atoms with E-state index >= 15 is 0 Å². The zero-order valence-electron chi connectivity index (χ0n) is 17.5. The van der Waals surface area contributed by atoms with Gasteiger partial charge in [-0.3, -0.25) is 4.79 Å². The minimum atomic E-state index is -4.18. The van der Waals surface area contributed by atoms with Crippen LogP contribution in [0.3, 0.4) is 0 Å². The number of rotatable bonds is 7. The molecule has 2 heterocycles. The number of nitrogens with one attached hydrogen (secondary N) is 1. The van der Waals surface area contributed by atoms with E-state index in [1.807, 2.05) is 13.0 Å². The minimum Gasteiger partial charge on any atom is -0.462 e. The third-order valence-corrected chi connectivity index (χ3v) is 7.46. The van der Waals surface area contributed by atoms with E-state index < -0.39 is 32.7 Å². The van der Waals surface area contributed by atoms with Crippen molar-refractivity contribution in [1.29, 1.82) is 0 Å².